The van der Waals surface area contributed by atoms with E-state index in [9.17, 15) is 4.79 Å². The highest BCUT2D eigenvalue weighted by Gasteiger charge is 2.15. The van der Waals surface area contributed by atoms with Gasteiger partial charge in [-0.15, -0.1) is 0 Å². The van der Waals surface area contributed by atoms with E-state index in [1.807, 2.05) is 0 Å². The summed E-state index contributed by atoms with van der Waals surface area (Å²) < 4.78 is 9.79. The summed E-state index contributed by atoms with van der Waals surface area (Å²) in [5.74, 6) is -0.347. The fourth-order valence-corrected chi connectivity index (χ4v) is 1.02. The minimum Gasteiger partial charge on any atom is -0.463 e. The summed E-state index contributed by atoms with van der Waals surface area (Å²) in [6, 6.07) is 3.16. The average molecular weight is 211 g/mol. The summed E-state index contributed by atoms with van der Waals surface area (Å²) in [6.45, 7) is 3.42. The number of carbonyl (C=O) groups is 1. The standard InChI is InChI=1S/C10H13NO4/c1-3-14-10(13)9-8(15-7(2)12)5-4-6-11-9/h4-7,12H,3H2,1-2H3. The third-order valence-corrected chi connectivity index (χ3v) is 1.54. The van der Waals surface area contributed by atoms with E-state index in [1.54, 1.807) is 19.1 Å². The predicted octanol–water partition coefficient (Wildman–Crippen LogP) is 0.975. The van der Waals surface area contributed by atoms with Crippen molar-refractivity contribution < 1.29 is 19.4 Å². The fourth-order valence-electron chi connectivity index (χ4n) is 1.02. The van der Waals surface area contributed by atoms with Gasteiger partial charge in [0.1, 0.15) is 0 Å². The molecular weight excluding hydrogens is 198 g/mol. The quantitative estimate of drug-likeness (QED) is 0.593. The van der Waals surface area contributed by atoms with Crippen molar-refractivity contribution in [2.75, 3.05) is 6.61 Å². The third kappa shape index (κ3) is 3.21. The van der Waals surface area contributed by atoms with Gasteiger partial charge < -0.3 is 14.6 Å². The van der Waals surface area contributed by atoms with Gasteiger partial charge in [-0.2, -0.15) is 0 Å². The first-order valence-corrected chi connectivity index (χ1v) is 4.62. The number of aliphatic hydroxyl groups excluding tert-OH is 1. The molecule has 0 aliphatic rings. The molecule has 0 saturated heterocycles. The van der Waals surface area contributed by atoms with E-state index in [4.69, 9.17) is 14.6 Å². The first-order valence-electron chi connectivity index (χ1n) is 4.62. The molecule has 1 atom stereocenters. The fraction of sp³-hybridized carbons (Fsp3) is 0.400. The molecule has 1 unspecified atom stereocenters. The number of aliphatic hydroxyl groups is 1. The lowest BCUT2D eigenvalue weighted by molar-refractivity contribution is -0.00193. The molecule has 82 valence electrons. The Morgan fingerprint density at radius 2 is 2.40 bits per heavy atom. The van der Waals surface area contributed by atoms with E-state index < -0.39 is 12.3 Å². The van der Waals surface area contributed by atoms with Gasteiger partial charge in [-0.05, 0) is 26.0 Å². The molecule has 0 spiro atoms. The monoisotopic (exact) mass is 211 g/mol. The van der Waals surface area contributed by atoms with Gasteiger partial charge in [-0.3, -0.25) is 0 Å². The highest BCUT2D eigenvalue weighted by Crippen LogP contribution is 2.17. The van der Waals surface area contributed by atoms with E-state index >= 15 is 0 Å². The molecular formula is C10H13NO4. The normalized spacial score (nSPS) is 11.9. The van der Waals surface area contributed by atoms with Crippen molar-refractivity contribution in [1.29, 1.82) is 0 Å². The lowest BCUT2D eigenvalue weighted by atomic mass is 10.3. The summed E-state index contributed by atoms with van der Waals surface area (Å²) in [5, 5.41) is 9.04. The summed E-state index contributed by atoms with van der Waals surface area (Å²) in [4.78, 5) is 15.2. The van der Waals surface area contributed by atoms with Gasteiger partial charge >= 0.3 is 5.97 Å². The topological polar surface area (TPSA) is 68.7 Å². The molecule has 0 radical (unpaired) electrons. The molecule has 0 aliphatic carbocycles. The molecule has 15 heavy (non-hydrogen) atoms. The summed E-state index contributed by atoms with van der Waals surface area (Å²) in [7, 11) is 0. The van der Waals surface area contributed by atoms with Crippen LogP contribution in [0.25, 0.3) is 0 Å². The average Bonchev–Trinajstić information content (AvgIpc) is 2.18. The zero-order valence-corrected chi connectivity index (χ0v) is 8.64. The van der Waals surface area contributed by atoms with Crippen LogP contribution in [0.1, 0.15) is 24.3 Å². The van der Waals surface area contributed by atoms with Crippen LogP contribution in [0, 0.1) is 0 Å². The maximum absolute atomic E-state index is 11.4. The van der Waals surface area contributed by atoms with Crippen molar-refractivity contribution in [3.05, 3.63) is 24.0 Å². The molecule has 0 saturated carbocycles. The summed E-state index contributed by atoms with van der Waals surface area (Å²) in [5.41, 5.74) is 0.0697. The number of nitrogens with zero attached hydrogens (tertiary/aromatic N) is 1. The van der Waals surface area contributed by atoms with Crippen LogP contribution < -0.4 is 4.74 Å². The van der Waals surface area contributed by atoms with E-state index in [1.165, 1.54) is 13.1 Å². The number of ether oxygens (including phenoxy) is 2. The van der Waals surface area contributed by atoms with Gasteiger partial charge in [-0.1, -0.05) is 0 Å². The molecule has 0 aromatic carbocycles. The Morgan fingerprint density at radius 3 is 3.00 bits per heavy atom. The number of rotatable bonds is 4. The molecule has 0 aliphatic heterocycles. The number of hydrogen-bond acceptors (Lipinski definition) is 5. The van der Waals surface area contributed by atoms with Gasteiger partial charge in [0.05, 0.1) is 6.61 Å². The Balaban J connectivity index is 2.90. The Hall–Kier alpha value is -1.62. The van der Waals surface area contributed by atoms with Crippen molar-refractivity contribution in [1.82, 2.24) is 4.98 Å². The maximum atomic E-state index is 11.4. The Morgan fingerprint density at radius 1 is 1.67 bits per heavy atom. The van der Waals surface area contributed by atoms with Crippen LogP contribution in [-0.4, -0.2) is 29.0 Å². The SMILES string of the molecule is CCOC(=O)c1ncccc1OC(C)O. The van der Waals surface area contributed by atoms with Crippen LogP contribution in [0.2, 0.25) is 0 Å². The summed E-state index contributed by atoms with van der Waals surface area (Å²) in [6.07, 6.45) is 0.462. The number of esters is 1. The molecule has 1 aromatic heterocycles. The van der Waals surface area contributed by atoms with Crippen LogP contribution in [0.3, 0.4) is 0 Å². The second-order valence-electron chi connectivity index (χ2n) is 2.79. The van der Waals surface area contributed by atoms with Crippen molar-refractivity contribution in [3.8, 4) is 5.75 Å². The molecule has 0 amide bonds. The maximum Gasteiger partial charge on any atom is 0.360 e. The highest BCUT2D eigenvalue weighted by atomic mass is 16.6. The first kappa shape index (κ1) is 11.5. The van der Waals surface area contributed by atoms with Crippen LogP contribution in [0.15, 0.2) is 18.3 Å². The van der Waals surface area contributed by atoms with Crippen molar-refractivity contribution in [2.45, 2.75) is 20.1 Å². The van der Waals surface area contributed by atoms with Crippen molar-refractivity contribution in [3.63, 3.8) is 0 Å². The van der Waals surface area contributed by atoms with E-state index in [-0.39, 0.29) is 18.1 Å². The van der Waals surface area contributed by atoms with E-state index in [2.05, 4.69) is 4.98 Å². The number of aromatic nitrogens is 1. The second kappa shape index (κ2) is 5.31. The lowest BCUT2D eigenvalue weighted by Crippen LogP contribution is -2.15. The first-order chi connectivity index (χ1) is 7.15. The van der Waals surface area contributed by atoms with E-state index in [0.29, 0.717) is 0 Å². The Labute approximate surface area is 87.7 Å². The van der Waals surface area contributed by atoms with E-state index in [0.717, 1.165) is 0 Å². The predicted molar refractivity (Wildman–Crippen MR) is 52.5 cm³/mol. The van der Waals surface area contributed by atoms with Crippen LogP contribution in [-0.2, 0) is 4.74 Å². The minimum atomic E-state index is -0.998. The molecule has 1 heterocycles. The Bertz CT molecular complexity index is 338. The zero-order valence-electron chi connectivity index (χ0n) is 8.64. The highest BCUT2D eigenvalue weighted by molar-refractivity contribution is 5.90. The largest absolute Gasteiger partial charge is 0.463 e. The summed E-state index contributed by atoms with van der Waals surface area (Å²) >= 11 is 0. The second-order valence-corrected chi connectivity index (χ2v) is 2.79. The molecule has 5 nitrogen and oxygen atoms in total. The Kier molecular flexibility index (Phi) is 4.05. The lowest BCUT2D eigenvalue weighted by Gasteiger charge is -2.11. The van der Waals surface area contributed by atoms with Gasteiger partial charge in [0.15, 0.2) is 17.7 Å². The number of carbonyl (C=O) groups excluding carboxylic acids is 1. The van der Waals surface area contributed by atoms with Crippen molar-refractivity contribution in [2.24, 2.45) is 0 Å². The van der Waals surface area contributed by atoms with Crippen LogP contribution >= 0.6 is 0 Å². The van der Waals surface area contributed by atoms with Crippen molar-refractivity contribution >= 4 is 5.97 Å². The molecule has 0 bridgehead atoms. The van der Waals surface area contributed by atoms with Gasteiger partial charge in [0, 0.05) is 6.20 Å². The van der Waals surface area contributed by atoms with Gasteiger partial charge in [0.2, 0.25) is 0 Å². The van der Waals surface area contributed by atoms with Crippen LogP contribution in [0.5, 0.6) is 5.75 Å². The molecule has 1 aromatic rings. The molecule has 5 heteroatoms. The zero-order chi connectivity index (χ0) is 11.3. The molecule has 0 fully saturated rings. The van der Waals surface area contributed by atoms with Gasteiger partial charge in [-0.25, -0.2) is 9.78 Å². The number of hydrogen-bond donors (Lipinski definition) is 1. The molecule has 1 N–H and O–H groups in total. The number of pyridine rings is 1. The minimum absolute atomic E-state index is 0.0697. The third-order valence-electron chi connectivity index (χ3n) is 1.54. The van der Waals surface area contributed by atoms with Gasteiger partial charge in [0.25, 0.3) is 0 Å². The van der Waals surface area contributed by atoms with Crippen LogP contribution in [0.4, 0.5) is 0 Å². The smallest absolute Gasteiger partial charge is 0.360 e. The molecule has 1 rings (SSSR count).